The van der Waals surface area contributed by atoms with E-state index in [0.717, 1.165) is 34.2 Å². The summed E-state index contributed by atoms with van der Waals surface area (Å²) >= 11 is 0. The lowest BCUT2D eigenvalue weighted by molar-refractivity contribution is 0.195. The topological polar surface area (TPSA) is 19.0 Å². The molecule has 6 aromatic rings. The fourth-order valence-corrected chi connectivity index (χ4v) is 12.5. The van der Waals surface area contributed by atoms with E-state index in [4.69, 9.17) is 4.74 Å². The van der Waals surface area contributed by atoms with Gasteiger partial charge in [0.25, 0.3) is 6.71 Å². The minimum Gasteiger partial charge on any atom is -0.453 e. The average molecular weight is 758 g/mol. The molecule has 0 spiro atoms. The molecule has 0 aromatic heterocycles. The van der Waals surface area contributed by atoms with E-state index in [1.54, 1.807) is 0 Å². The molecule has 0 amide bonds. The van der Waals surface area contributed by atoms with Crippen molar-refractivity contribution in [3.05, 3.63) is 138 Å². The summed E-state index contributed by atoms with van der Waals surface area (Å²) in [5.41, 5.74) is 19.9. The number of rotatable bonds is 1. The Bertz CT molecular complexity index is 2770. The number of aryl methyl sites for hydroxylation is 1. The van der Waals surface area contributed by atoms with Crippen LogP contribution in [-0.2, 0) is 16.2 Å². The van der Waals surface area contributed by atoms with Gasteiger partial charge in [0, 0.05) is 39.5 Å². The summed E-state index contributed by atoms with van der Waals surface area (Å²) in [6, 6.07) is 44.0. The third-order valence-corrected chi connectivity index (χ3v) is 15.9. The highest BCUT2D eigenvalue weighted by Gasteiger charge is 2.61. The van der Waals surface area contributed by atoms with Crippen LogP contribution in [0.4, 0.5) is 45.5 Å². The van der Waals surface area contributed by atoms with Crippen LogP contribution < -0.4 is 35.8 Å². The Kier molecular flexibility index (Phi) is 6.81. The molecule has 0 radical (unpaired) electrons. The second-order valence-corrected chi connectivity index (χ2v) is 20.0. The fourth-order valence-electron chi connectivity index (χ4n) is 12.5. The van der Waals surface area contributed by atoms with Crippen LogP contribution in [0.25, 0.3) is 0 Å². The van der Waals surface area contributed by atoms with E-state index in [9.17, 15) is 0 Å². The van der Waals surface area contributed by atoms with E-state index in [-0.39, 0.29) is 28.5 Å². The maximum absolute atomic E-state index is 7.19. The molecule has 1 fully saturated rings. The number of hydrogen-bond donors (Lipinski definition) is 0. The molecule has 2 unspecified atom stereocenters. The molecule has 4 nitrogen and oxygen atoms in total. The fraction of sp³-hybridized carbons (Fsp3) is 0.321. The van der Waals surface area contributed by atoms with Crippen molar-refractivity contribution in [2.75, 3.05) is 14.7 Å². The normalized spacial score (nSPS) is 23.4. The Hall–Kier alpha value is -5.42. The SMILES string of the molecule is Cc1cc2c3c(c1)N1c4c(cccc4C4(C)CCCCC14C)B3c1ccc3cc1N2c1ccccc1Oc1ccccc1N3c1ccc2c(c1)C(C)(C)CCC2(C)C. The second-order valence-electron chi connectivity index (χ2n) is 20.0. The number of anilines is 8. The van der Waals surface area contributed by atoms with Gasteiger partial charge in [0.1, 0.15) is 0 Å². The summed E-state index contributed by atoms with van der Waals surface area (Å²) in [4.78, 5) is 7.81. The van der Waals surface area contributed by atoms with Crippen LogP contribution in [-0.4, -0.2) is 12.3 Å². The van der Waals surface area contributed by atoms with Crippen LogP contribution in [0.3, 0.4) is 0 Å². The highest BCUT2D eigenvalue weighted by molar-refractivity contribution is 7.00. The predicted molar refractivity (Wildman–Crippen MR) is 243 cm³/mol. The van der Waals surface area contributed by atoms with Gasteiger partial charge >= 0.3 is 0 Å². The molecule has 288 valence electrons. The van der Waals surface area contributed by atoms with Crippen molar-refractivity contribution in [1.29, 1.82) is 0 Å². The minimum atomic E-state index is -0.00406. The lowest BCUT2D eigenvalue weighted by Gasteiger charge is -2.53. The zero-order valence-corrected chi connectivity index (χ0v) is 35.0. The van der Waals surface area contributed by atoms with E-state index in [1.807, 2.05) is 0 Å². The monoisotopic (exact) mass is 757 g/mol. The van der Waals surface area contributed by atoms with Crippen LogP contribution >= 0.6 is 0 Å². The van der Waals surface area contributed by atoms with Gasteiger partial charge < -0.3 is 19.4 Å². The number of fused-ring (bicyclic) bond motifs is 12. The quantitative estimate of drug-likeness (QED) is 0.155. The molecule has 4 aliphatic heterocycles. The average Bonchev–Trinajstić information content (AvgIpc) is 3.43. The lowest BCUT2D eigenvalue weighted by Crippen LogP contribution is -2.64. The molecule has 0 N–H and O–H groups in total. The van der Waals surface area contributed by atoms with Crippen LogP contribution in [0.15, 0.2) is 115 Å². The highest BCUT2D eigenvalue weighted by atomic mass is 16.5. The van der Waals surface area contributed by atoms with E-state index < -0.39 is 0 Å². The summed E-state index contributed by atoms with van der Waals surface area (Å²) in [6.45, 7) is 17.2. The Balaban J connectivity index is 1.16. The third-order valence-electron chi connectivity index (χ3n) is 15.9. The van der Waals surface area contributed by atoms with Gasteiger partial charge in [0.05, 0.1) is 16.9 Å². The van der Waals surface area contributed by atoms with E-state index >= 15 is 0 Å². The van der Waals surface area contributed by atoms with Crippen molar-refractivity contribution in [2.45, 2.75) is 109 Å². The van der Waals surface area contributed by atoms with Gasteiger partial charge in [-0.1, -0.05) is 102 Å². The van der Waals surface area contributed by atoms with Crippen LogP contribution in [0, 0.1) is 6.92 Å². The van der Waals surface area contributed by atoms with Crippen molar-refractivity contribution >= 4 is 68.6 Å². The summed E-state index contributed by atoms with van der Waals surface area (Å²) in [5, 5.41) is 0. The highest BCUT2D eigenvalue weighted by Crippen LogP contribution is 2.62. The molecule has 12 rings (SSSR count). The van der Waals surface area contributed by atoms with Crippen LogP contribution in [0.1, 0.15) is 102 Å². The molecular formula is C53H52BN3O. The first-order valence-electron chi connectivity index (χ1n) is 21.7. The molecule has 4 heterocycles. The van der Waals surface area contributed by atoms with Crippen molar-refractivity contribution in [3.8, 4) is 11.5 Å². The molecular weight excluding hydrogens is 705 g/mol. The van der Waals surface area contributed by atoms with Gasteiger partial charge in [-0.3, -0.25) is 0 Å². The summed E-state index contributed by atoms with van der Waals surface area (Å²) in [6.07, 6.45) is 7.33. The summed E-state index contributed by atoms with van der Waals surface area (Å²) in [5.74, 6) is 1.69. The van der Waals surface area contributed by atoms with Gasteiger partial charge in [-0.25, -0.2) is 0 Å². The van der Waals surface area contributed by atoms with E-state index in [0.29, 0.717) is 0 Å². The first kappa shape index (κ1) is 34.6. The smallest absolute Gasteiger partial charge is 0.252 e. The maximum atomic E-state index is 7.19. The van der Waals surface area contributed by atoms with Gasteiger partial charge in [-0.2, -0.15) is 0 Å². The minimum absolute atomic E-state index is 0.00406. The number of nitrogens with zero attached hydrogens (tertiary/aromatic N) is 3. The van der Waals surface area contributed by atoms with Crippen LogP contribution in [0.5, 0.6) is 11.5 Å². The number of para-hydroxylation sites is 5. The third kappa shape index (κ3) is 4.32. The Labute approximate surface area is 344 Å². The molecule has 2 atom stereocenters. The Morgan fingerprint density at radius 3 is 1.95 bits per heavy atom. The lowest BCUT2D eigenvalue weighted by atomic mass is 9.33. The van der Waals surface area contributed by atoms with Crippen LogP contribution in [0.2, 0.25) is 0 Å². The first-order valence-corrected chi connectivity index (χ1v) is 21.7. The summed E-state index contributed by atoms with van der Waals surface area (Å²) in [7, 11) is 0. The Morgan fingerprint density at radius 2 is 1.17 bits per heavy atom. The number of benzene rings is 6. The van der Waals surface area contributed by atoms with E-state index in [1.165, 1.54) is 99.9 Å². The second kappa shape index (κ2) is 11.4. The van der Waals surface area contributed by atoms with Crippen molar-refractivity contribution in [2.24, 2.45) is 0 Å². The zero-order chi connectivity index (χ0) is 39.5. The van der Waals surface area contributed by atoms with Gasteiger partial charge in [-0.15, -0.1) is 0 Å². The molecule has 2 bridgehead atoms. The number of hydrogen-bond acceptors (Lipinski definition) is 4. The molecule has 1 saturated carbocycles. The molecule has 5 heteroatoms. The van der Waals surface area contributed by atoms with Crippen molar-refractivity contribution in [1.82, 2.24) is 0 Å². The van der Waals surface area contributed by atoms with Gasteiger partial charge in [0.15, 0.2) is 11.5 Å². The van der Waals surface area contributed by atoms with Gasteiger partial charge in [0.2, 0.25) is 0 Å². The summed E-state index contributed by atoms with van der Waals surface area (Å²) < 4.78 is 7.19. The van der Waals surface area contributed by atoms with Gasteiger partial charge in [-0.05, 0) is 150 Å². The molecule has 6 aromatic carbocycles. The maximum Gasteiger partial charge on any atom is 0.252 e. The zero-order valence-electron chi connectivity index (χ0n) is 35.0. The predicted octanol–water partition coefficient (Wildman–Crippen LogP) is 12.3. The van der Waals surface area contributed by atoms with Crippen molar-refractivity contribution < 1.29 is 4.74 Å². The molecule has 58 heavy (non-hydrogen) atoms. The standard InChI is InChI=1S/C53H52BN3O/c1-33-29-44-48-45(30-33)57-49-37(52(6)25-12-13-26-53(52,57)7)15-14-16-40(49)54(48)39-24-22-35-32-43(39)56(44)42-18-9-11-20-47(42)58-46-19-10-8-17-41(46)55(35)34-21-23-36-38(31-34)51(4,5)28-27-50(36,2)3/h8-11,14-24,29-32H,12-13,25-28H2,1-7H3. The molecule has 6 aliphatic rings. The Morgan fingerprint density at radius 1 is 0.517 bits per heavy atom. The van der Waals surface area contributed by atoms with Crippen molar-refractivity contribution in [3.63, 3.8) is 0 Å². The molecule has 0 saturated heterocycles. The van der Waals surface area contributed by atoms with E-state index in [2.05, 4.69) is 178 Å². The first-order chi connectivity index (χ1) is 27.9. The number of ether oxygens (including phenoxy) is 1. The molecule has 2 aliphatic carbocycles. The largest absolute Gasteiger partial charge is 0.453 e.